The molecule has 1 fully saturated rings. The van der Waals surface area contributed by atoms with Crippen LogP contribution in [0.3, 0.4) is 0 Å². The third-order valence-electron chi connectivity index (χ3n) is 3.32. The van der Waals surface area contributed by atoms with Crippen LogP contribution in [-0.4, -0.2) is 25.5 Å². The van der Waals surface area contributed by atoms with Crippen LogP contribution in [0.15, 0.2) is 23.6 Å². The summed E-state index contributed by atoms with van der Waals surface area (Å²) in [6.45, 7) is 8.24. The highest BCUT2D eigenvalue weighted by Gasteiger charge is 2.42. The Hall–Kier alpha value is -1.05. The van der Waals surface area contributed by atoms with Gasteiger partial charge in [-0.1, -0.05) is 13.3 Å². The van der Waals surface area contributed by atoms with E-state index in [1.807, 2.05) is 18.5 Å². The van der Waals surface area contributed by atoms with Crippen molar-refractivity contribution in [2.75, 3.05) is 14.2 Å². The lowest BCUT2D eigenvalue weighted by Crippen LogP contribution is -2.05. The van der Waals surface area contributed by atoms with Crippen molar-refractivity contribution in [1.29, 1.82) is 0 Å². The van der Waals surface area contributed by atoms with Crippen molar-refractivity contribution in [3.63, 3.8) is 0 Å². The zero-order valence-corrected chi connectivity index (χ0v) is 11.0. The van der Waals surface area contributed by atoms with Crippen LogP contribution in [0.4, 0.5) is 0 Å². The molecule has 1 aliphatic rings. The van der Waals surface area contributed by atoms with Gasteiger partial charge in [0.25, 0.3) is 0 Å². The van der Waals surface area contributed by atoms with Gasteiger partial charge in [-0.25, -0.2) is 4.58 Å². The van der Waals surface area contributed by atoms with Crippen molar-refractivity contribution in [2.24, 2.45) is 11.8 Å². The predicted molar refractivity (Wildman–Crippen MR) is 68.7 cm³/mol. The van der Waals surface area contributed by atoms with E-state index in [0.717, 1.165) is 24.0 Å². The van der Waals surface area contributed by atoms with Crippen LogP contribution >= 0.6 is 0 Å². The maximum Gasteiger partial charge on any atom is 0.180 e. The second kappa shape index (κ2) is 5.88. The Morgan fingerprint density at radius 2 is 2.19 bits per heavy atom. The van der Waals surface area contributed by atoms with Crippen LogP contribution in [0, 0.1) is 11.8 Å². The highest BCUT2D eigenvalue weighted by Crippen LogP contribution is 2.46. The van der Waals surface area contributed by atoms with Gasteiger partial charge in [-0.2, -0.15) is 0 Å². The lowest BCUT2D eigenvalue weighted by molar-refractivity contribution is -0.440. The standard InChI is InChI=1S/C14H24NO/c1-6-12-10-13(12)14(15(3)4)9-7-8-11(2)16-5/h8-9,12-13H,3,6-7,10H2,1-2,4-5H3/q+1. The zero-order chi connectivity index (χ0) is 12.1. The minimum atomic E-state index is 0.740. The van der Waals surface area contributed by atoms with Crippen molar-refractivity contribution in [2.45, 2.75) is 33.1 Å². The molecule has 16 heavy (non-hydrogen) atoms. The zero-order valence-electron chi connectivity index (χ0n) is 11.0. The van der Waals surface area contributed by atoms with Crippen molar-refractivity contribution >= 4 is 6.72 Å². The smallest absolute Gasteiger partial charge is 0.180 e. The molecule has 2 nitrogen and oxygen atoms in total. The number of allylic oxidation sites excluding steroid dienone is 4. The molecule has 2 unspecified atom stereocenters. The normalized spacial score (nSPS) is 25.5. The van der Waals surface area contributed by atoms with E-state index >= 15 is 0 Å². The summed E-state index contributed by atoms with van der Waals surface area (Å²) in [5.74, 6) is 2.59. The number of rotatable bonds is 6. The first-order valence-corrected chi connectivity index (χ1v) is 6.05. The Balaban J connectivity index is 2.58. The summed E-state index contributed by atoms with van der Waals surface area (Å²) < 4.78 is 7.12. The minimum Gasteiger partial charge on any atom is -0.502 e. The largest absolute Gasteiger partial charge is 0.502 e. The molecule has 2 heteroatoms. The van der Waals surface area contributed by atoms with Crippen molar-refractivity contribution in [3.8, 4) is 0 Å². The molecular formula is C14H24NO+. The highest BCUT2D eigenvalue weighted by atomic mass is 16.5. The summed E-state index contributed by atoms with van der Waals surface area (Å²) in [4.78, 5) is 0. The molecule has 1 saturated carbocycles. The third kappa shape index (κ3) is 3.51. The molecule has 0 heterocycles. The summed E-state index contributed by atoms with van der Waals surface area (Å²) in [7, 11) is 3.74. The van der Waals surface area contributed by atoms with Gasteiger partial charge in [-0.05, 0) is 37.8 Å². The first-order valence-electron chi connectivity index (χ1n) is 6.05. The summed E-state index contributed by atoms with van der Waals surface area (Å²) in [6, 6.07) is 0. The molecule has 0 radical (unpaired) electrons. The summed E-state index contributed by atoms with van der Waals surface area (Å²) >= 11 is 0. The van der Waals surface area contributed by atoms with Crippen LogP contribution in [0.1, 0.15) is 33.1 Å². The average molecular weight is 222 g/mol. The molecule has 0 aromatic carbocycles. The van der Waals surface area contributed by atoms with E-state index in [2.05, 4.69) is 25.8 Å². The molecule has 0 aromatic heterocycles. The van der Waals surface area contributed by atoms with Gasteiger partial charge in [0.15, 0.2) is 5.70 Å². The molecule has 0 saturated heterocycles. The van der Waals surface area contributed by atoms with E-state index in [1.54, 1.807) is 7.11 Å². The Kier molecular flexibility index (Phi) is 4.78. The number of nitrogens with zero attached hydrogens (tertiary/aromatic N) is 1. The second-order valence-electron chi connectivity index (χ2n) is 4.59. The lowest BCUT2D eigenvalue weighted by Gasteiger charge is -2.00. The number of hydrogen-bond donors (Lipinski definition) is 0. The average Bonchev–Trinajstić information content (AvgIpc) is 3.02. The molecule has 90 valence electrons. The number of methoxy groups -OCH3 is 1. The quantitative estimate of drug-likeness (QED) is 0.382. The predicted octanol–water partition coefficient (Wildman–Crippen LogP) is 3.20. The summed E-state index contributed by atoms with van der Waals surface area (Å²) in [5, 5.41) is 0. The Bertz CT molecular complexity index is 315. The summed E-state index contributed by atoms with van der Waals surface area (Å²) in [6.07, 6.45) is 7.92. The second-order valence-corrected chi connectivity index (χ2v) is 4.59. The monoisotopic (exact) mass is 222 g/mol. The summed E-state index contributed by atoms with van der Waals surface area (Å²) in [5.41, 5.74) is 1.38. The Morgan fingerprint density at radius 1 is 1.50 bits per heavy atom. The van der Waals surface area contributed by atoms with Gasteiger partial charge in [0.2, 0.25) is 0 Å². The van der Waals surface area contributed by atoms with Gasteiger partial charge in [-0.3, -0.25) is 0 Å². The van der Waals surface area contributed by atoms with E-state index in [4.69, 9.17) is 4.74 Å². The molecule has 2 atom stereocenters. The fourth-order valence-electron chi connectivity index (χ4n) is 2.08. The Morgan fingerprint density at radius 3 is 2.62 bits per heavy atom. The molecule has 0 N–H and O–H groups in total. The van der Waals surface area contributed by atoms with Crippen LogP contribution in [0.2, 0.25) is 0 Å². The van der Waals surface area contributed by atoms with Crippen molar-refractivity contribution in [3.05, 3.63) is 23.6 Å². The topological polar surface area (TPSA) is 12.2 Å². The van der Waals surface area contributed by atoms with Crippen LogP contribution < -0.4 is 0 Å². The number of hydrogen-bond acceptors (Lipinski definition) is 1. The molecule has 1 rings (SSSR count). The highest BCUT2D eigenvalue weighted by molar-refractivity contribution is 5.20. The van der Waals surface area contributed by atoms with E-state index in [-0.39, 0.29) is 0 Å². The van der Waals surface area contributed by atoms with Gasteiger partial charge in [0, 0.05) is 5.92 Å². The molecule has 0 aliphatic heterocycles. The SMILES string of the molecule is C=[N+](C)C(=CCC=C(C)OC)C1CC1CC. The fraction of sp³-hybridized carbons (Fsp3) is 0.643. The third-order valence-corrected chi connectivity index (χ3v) is 3.32. The molecule has 0 amide bonds. The van der Waals surface area contributed by atoms with Crippen LogP contribution in [0.5, 0.6) is 0 Å². The van der Waals surface area contributed by atoms with E-state index < -0.39 is 0 Å². The van der Waals surface area contributed by atoms with Gasteiger partial charge in [0.05, 0.1) is 12.9 Å². The minimum absolute atomic E-state index is 0.740. The first-order chi connectivity index (χ1) is 7.60. The van der Waals surface area contributed by atoms with E-state index in [1.165, 1.54) is 18.5 Å². The van der Waals surface area contributed by atoms with E-state index in [0.29, 0.717) is 0 Å². The number of ether oxygens (including phenoxy) is 1. The maximum atomic E-state index is 5.11. The van der Waals surface area contributed by atoms with Crippen LogP contribution in [-0.2, 0) is 4.74 Å². The molecule has 1 aliphatic carbocycles. The maximum absolute atomic E-state index is 5.11. The molecule has 0 spiro atoms. The lowest BCUT2D eigenvalue weighted by atomic mass is 10.1. The van der Waals surface area contributed by atoms with Gasteiger partial charge >= 0.3 is 0 Å². The van der Waals surface area contributed by atoms with Crippen molar-refractivity contribution < 1.29 is 9.31 Å². The fourth-order valence-corrected chi connectivity index (χ4v) is 2.08. The van der Waals surface area contributed by atoms with E-state index in [9.17, 15) is 0 Å². The first kappa shape index (κ1) is 13.0. The molecule has 0 aromatic rings. The van der Waals surface area contributed by atoms with Gasteiger partial charge in [-0.15, -0.1) is 0 Å². The van der Waals surface area contributed by atoms with Gasteiger partial charge < -0.3 is 4.74 Å². The van der Waals surface area contributed by atoms with Gasteiger partial charge in [0.1, 0.15) is 13.8 Å². The molecular weight excluding hydrogens is 198 g/mol. The van der Waals surface area contributed by atoms with Crippen LogP contribution in [0.25, 0.3) is 0 Å². The Labute approximate surface area is 99.3 Å². The molecule has 0 bridgehead atoms. The van der Waals surface area contributed by atoms with Crippen molar-refractivity contribution in [1.82, 2.24) is 0 Å².